The lowest BCUT2D eigenvalue weighted by Crippen LogP contribution is -2.40. The molecule has 0 fully saturated rings. The summed E-state index contributed by atoms with van der Waals surface area (Å²) in [6.07, 6.45) is 49.4. The molecule has 0 spiro atoms. The molecule has 1 amide bonds. The molecule has 0 rings (SSSR count). The third-order valence-corrected chi connectivity index (χ3v) is 10.7. The first kappa shape index (κ1) is 52.9. The van der Waals surface area contributed by atoms with Crippen molar-refractivity contribution in [1.29, 1.82) is 0 Å². The van der Waals surface area contributed by atoms with Crippen LogP contribution >= 0.6 is 0 Å². The molecule has 0 aliphatic carbocycles. The Balaban J connectivity index is 4.27. The van der Waals surface area contributed by atoms with Crippen molar-refractivity contribution >= 4 is 17.8 Å². The van der Waals surface area contributed by atoms with E-state index in [9.17, 15) is 19.5 Å². The molecular weight excluding hydrogens is 685 g/mol. The molecule has 7 nitrogen and oxygen atoms in total. The molecule has 0 aliphatic heterocycles. The van der Waals surface area contributed by atoms with Crippen LogP contribution in [0.5, 0.6) is 0 Å². The van der Waals surface area contributed by atoms with Crippen LogP contribution < -0.4 is 11.1 Å². The minimum Gasteiger partial charge on any atom is -0.480 e. The van der Waals surface area contributed by atoms with Crippen LogP contribution in [0, 0.1) is 0 Å². The van der Waals surface area contributed by atoms with E-state index in [-0.39, 0.29) is 18.0 Å². The maximum absolute atomic E-state index is 12.8. The van der Waals surface area contributed by atoms with Gasteiger partial charge in [0, 0.05) is 12.8 Å². The van der Waals surface area contributed by atoms with Gasteiger partial charge in [-0.05, 0) is 103 Å². The Labute approximate surface area is 340 Å². The zero-order chi connectivity index (χ0) is 40.3. The van der Waals surface area contributed by atoms with Gasteiger partial charge in [0.25, 0.3) is 0 Å². The molecule has 0 aromatic carbocycles. The van der Waals surface area contributed by atoms with E-state index in [1.165, 1.54) is 128 Å². The monoisotopic (exact) mass is 775 g/mol. The molecule has 0 saturated heterocycles. The van der Waals surface area contributed by atoms with Gasteiger partial charge in [-0.3, -0.25) is 9.59 Å². The number of carbonyl (C=O) groups excluding carboxylic acids is 2. The van der Waals surface area contributed by atoms with E-state index in [4.69, 9.17) is 10.5 Å². The number of rotatable bonds is 43. The lowest BCUT2D eigenvalue weighted by atomic mass is 10.0. The maximum Gasteiger partial charge on any atom is 0.326 e. The first-order valence-corrected chi connectivity index (χ1v) is 23.7. The van der Waals surface area contributed by atoms with Gasteiger partial charge in [-0.15, -0.1) is 0 Å². The quantitative estimate of drug-likeness (QED) is 0.0322. The smallest absolute Gasteiger partial charge is 0.326 e. The second-order valence-corrected chi connectivity index (χ2v) is 16.2. The number of allylic oxidation sites excluding steroid dienone is 4. The van der Waals surface area contributed by atoms with E-state index >= 15 is 0 Å². The minimum absolute atomic E-state index is 0.0173. The SMILES string of the molecule is CCCCCCCC/C=C\CCCC(CCCCCCCC(=O)NC(CCCN)C(=O)O)OC(=O)CCCCCCCCC/C=C\CCCCCCCCC. The number of carbonyl (C=O) groups is 3. The normalized spacial score (nSPS) is 12.8. The molecule has 4 N–H and O–H groups in total. The first-order valence-electron chi connectivity index (χ1n) is 23.7. The Bertz CT molecular complexity index is 920. The van der Waals surface area contributed by atoms with Gasteiger partial charge in [0.05, 0.1) is 0 Å². The van der Waals surface area contributed by atoms with Crippen LogP contribution in [0.15, 0.2) is 24.3 Å². The zero-order valence-electron chi connectivity index (χ0n) is 36.3. The molecule has 0 aromatic rings. The molecule has 0 bridgehead atoms. The van der Waals surface area contributed by atoms with Crippen molar-refractivity contribution in [2.24, 2.45) is 5.73 Å². The summed E-state index contributed by atoms with van der Waals surface area (Å²) in [5.74, 6) is -1.25. The van der Waals surface area contributed by atoms with E-state index in [1.807, 2.05) is 0 Å². The third kappa shape index (κ3) is 39.9. The van der Waals surface area contributed by atoms with Crippen molar-refractivity contribution in [3.63, 3.8) is 0 Å². The van der Waals surface area contributed by atoms with Gasteiger partial charge < -0.3 is 20.9 Å². The van der Waals surface area contributed by atoms with Gasteiger partial charge in [-0.1, -0.05) is 160 Å². The van der Waals surface area contributed by atoms with E-state index < -0.39 is 12.0 Å². The molecule has 0 heterocycles. The highest BCUT2D eigenvalue weighted by atomic mass is 16.5. The number of nitrogens with two attached hydrogens (primary N) is 1. The number of hydrogen-bond donors (Lipinski definition) is 3. The maximum atomic E-state index is 12.8. The Morgan fingerprint density at radius 1 is 0.509 bits per heavy atom. The highest BCUT2D eigenvalue weighted by Crippen LogP contribution is 2.18. The summed E-state index contributed by atoms with van der Waals surface area (Å²) < 4.78 is 6.04. The number of unbranched alkanes of at least 4 members (excludes halogenated alkanes) is 25. The van der Waals surface area contributed by atoms with Crippen LogP contribution in [0.2, 0.25) is 0 Å². The summed E-state index contributed by atoms with van der Waals surface area (Å²) in [6, 6.07) is -0.858. The van der Waals surface area contributed by atoms with Crippen LogP contribution in [0.1, 0.15) is 245 Å². The number of hydrogen-bond acceptors (Lipinski definition) is 5. The van der Waals surface area contributed by atoms with Crippen LogP contribution in [-0.4, -0.2) is 41.6 Å². The van der Waals surface area contributed by atoms with Gasteiger partial charge >= 0.3 is 11.9 Å². The molecule has 2 atom stereocenters. The number of carboxylic acids is 1. The summed E-state index contributed by atoms with van der Waals surface area (Å²) in [5, 5.41) is 11.9. The Hall–Kier alpha value is -2.15. The van der Waals surface area contributed by atoms with Crippen LogP contribution in [-0.2, 0) is 19.1 Å². The molecule has 322 valence electrons. The number of aliphatic carboxylic acids is 1. The Kier molecular flexibility index (Phi) is 41.3. The number of nitrogens with one attached hydrogen (secondary N) is 1. The first-order chi connectivity index (χ1) is 26.9. The number of ether oxygens (including phenoxy) is 1. The summed E-state index contributed by atoms with van der Waals surface area (Å²) >= 11 is 0. The lowest BCUT2D eigenvalue weighted by Gasteiger charge is -2.18. The van der Waals surface area contributed by atoms with Crippen molar-refractivity contribution in [3.8, 4) is 0 Å². The van der Waals surface area contributed by atoms with Crippen LogP contribution in [0.4, 0.5) is 0 Å². The van der Waals surface area contributed by atoms with E-state index in [2.05, 4.69) is 43.5 Å². The van der Waals surface area contributed by atoms with Gasteiger partial charge in [-0.25, -0.2) is 4.79 Å². The van der Waals surface area contributed by atoms with Crippen LogP contribution in [0.25, 0.3) is 0 Å². The van der Waals surface area contributed by atoms with Crippen molar-refractivity contribution < 1.29 is 24.2 Å². The average Bonchev–Trinajstić information content (AvgIpc) is 3.17. The summed E-state index contributed by atoms with van der Waals surface area (Å²) in [7, 11) is 0. The second-order valence-electron chi connectivity index (χ2n) is 16.2. The number of carboxylic acid groups (broad SMARTS) is 1. The highest BCUT2D eigenvalue weighted by molar-refractivity contribution is 5.83. The van der Waals surface area contributed by atoms with Gasteiger partial charge in [0.2, 0.25) is 5.91 Å². The summed E-state index contributed by atoms with van der Waals surface area (Å²) in [4.78, 5) is 36.4. The Morgan fingerprint density at radius 2 is 0.909 bits per heavy atom. The number of amides is 1. The fourth-order valence-electron chi connectivity index (χ4n) is 7.15. The highest BCUT2D eigenvalue weighted by Gasteiger charge is 2.19. The summed E-state index contributed by atoms with van der Waals surface area (Å²) in [5.41, 5.74) is 5.49. The molecule has 0 aromatic heterocycles. The predicted octanol–water partition coefficient (Wildman–Crippen LogP) is 13.6. The molecule has 55 heavy (non-hydrogen) atoms. The number of esters is 1. The van der Waals surface area contributed by atoms with Crippen molar-refractivity contribution in [2.75, 3.05) is 6.54 Å². The standard InChI is InChI=1S/C48H90N2O5/c1-3-5-7-9-11-13-15-16-17-18-19-20-21-23-25-27-32-36-42-47(52)55-44(38-33-29-26-24-22-14-12-10-8-6-4-2)39-34-30-28-31-35-41-46(51)50-45(48(53)54)40-37-43-49/h17-18,24,26,44-45H,3-16,19-23,25,27-43,49H2,1-2H3,(H,50,51)(H,53,54)/b18-17-,26-24-. The van der Waals surface area contributed by atoms with Crippen molar-refractivity contribution in [3.05, 3.63) is 24.3 Å². The Morgan fingerprint density at radius 3 is 1.38 bits per heavy atom. The fraction of sp³-hybridized carbons (Fsp3) is 0.854. The minimum atomic E-state index is -1.00. The average molecular weight is 775 g/mol. The third-order valence-electron chi connectivity index (χ3n) is 10.7. The van der Waals surface area contributed by atoms with Gasteiger partial charge in [-0.2, -0.15) is 0 Å². The predicted molar refractivity (Wildman–Crippen MR) is 234 cm³/mol. The van der Waals surface area contributed by atoms with Crippen molar-refractivity contribution in [2.45, 2.75) is 257 Å². The molecule has 0 radical (unpaired) electrons. The van der Waals surface area contributed by atoms with E-state index in [1.54, 1.807) is 0 Å². The lowest BCUT2D eigenvalue weighted by molar-refractivity contribution is -0.150. The fourth-order valence-corrected chi connectivity index (χ4v) is 7.15. The topological polar surface area (TPSA) is 119 Å². The molecule has 0 aliphatic rings. The van der Waals surface area contributed by atoms with E-state index in [0.29, 0.717) is 32.2 Å². The van der Waals surface area contributed by atoms with Gasteiger partial charge in [0.1, 0.15) is 12.1 Å². The van der Waals surface area contributed by atoms with Crippen molar-refractivity contribution in [1.82, 2.24) is 5.32 Å². The zero-order valence-corrected chi connectivity index (χ0v) is 36.3. The molecule has 2 unspecified atom stereocenters. The molecular formula is C48H90N2O5. The van der Waals surface area contributed by atoms with Gasteiger partial charge in [0.15, 0.2) is 0 Å². The second kappa shape index (κ2) is 43.0. The van der Waals surface area contributed by atoms with E-state index in [0.717, 1.165) is 77.0 Å². The summed E-state index contributed by atoms with van der Waals surface area (Å²) in [6.45, 7) is 4.95. The van der Waals surface area contributed by atoms with Crippen LogP contribution in [0.3, 0.4) is 0 Å². The molecule has 7 heteroatoms. The molecule has 0 saturated carbocycles. The largest absolute Gasteiger partial charge is 0.480 e.